The first-order chi connectivity index (χ1) is 7.80. The second-order valence-corrected chi connectivity index (χ2v) is 4.92. The molecule has 1 aliphatic rings. The van der Waals surface area contributed by atoms with Gasteiger partial charge in [0.1, 0.15) is 0 Å². The molecule has 0 bridgehead atoms. The third kappa shape index (κ3) is 1.94. The molecule has 0 spiro atoms. The number of benzene rings is 1. The third-order valence-corrected chi connectivity index (χ3v) is 4.14. The van der Waals surface area contributed by atoms with Crippen LogP contribution in [0.5, 0.6) is 17.2 Å². The Balaban J connectivity index is 2.40. The quantitative estimate of drug-likeness (QED) is 0.809. The smallest absolute Gasteiger partial charge is 0.203 e. The van der Waals surface area contributed by atoms with Crippen molar-refractivity contribution in [3.05, 3.63) is 17.7 Å². The molecule has 16 heavy (non-hydrogen) atoms. The van der Waals surface area contributed by atoms with E-state index in [1.54, 1.807) is 21.3 Å². The zero-order chi connectivity index (χ0) is 11.5. The van der Waals surface area contributed by atoms with Gasteiger partial charge in [-0.2, -0.15) is 11.8 Å². The van der Waals surface area contributed by atoms with Crippen LogP contribution in [0.3, 0.4) is 0 Å². The number of rotatable bonds is 4. The Labute approximate surface area is 100 Å². The van der Waals surface area contributed by atoms with Crippen molar-refractivity contribution in [2.45, 2.75) is 11.7 Å². The van der Waals surface area contributed by atoms with Crippen LogP contribution >= 0.6 is 11.8 Å². The second-order valence-electron chi connectivity index (χ2n) is 3.61. The Hall–Kier alpha value is -1.03. The van der Waals surface area contributed by atoms with Crippen LogP contribution in [0, 0.1) is 0 Å². The van der Waals surface area contributed by atoms with Gasteiger partial charge in [-0.05, 0) is 29.9 Å². The number of hydrogen-bond acceptors (Lipinski definition) is 4. The van der Waals surface area contributed by atoms with E-state index in [4.69, 9.17) is 14.2 Å². The largest absolute Gasteiger partial charge is 0.493 e. The molecule has 1 saturated heterocycles. The third-order valence-electron chi connectivity index (χ3n) is 2.76. The topological polar surface area (TPSA) is 27.7 Å². The lowest BCUT2D eigenvalue weighted by Crippen LogP contribution is -2.07. The molecule has 0 radical (unpaired) electrons. The summed E-state index contributed by atoms with van der Waals surface area (Å²) in [7, 11) is 4.92. The van der Waals surface area contributed by atoms with Crippen molar-refractivity contribution in [1.82, 2.24) is 0 Å². The van der Waals surface area contributed by atoms with Gasteiger partial charge in [0.2, 0.25) is 5.75 Å². The molecule has 0 aliphatic carbocycles. The van der Waals surface area contributed by atoms with Crippen LogP contribution in [0.4, 0.5) is 0 Å². The minimum absolute atomic E-state index is 0.578. The van der Waals surface area contributed by atoms with Crippen molar-refractivity contribution < 1.29 is 14.2 Å². The van der Waals surface area contributed by atoms with Crippen LogP contribution in [-0.2, 0) is 0 Å². The number of thioether (sulfide) groups is 1. The van der Waals surface area contributed by atoms with Crippen molar-refractivity contribution in [3.8, 4) is 17.2 Å². The Morgan fingerprint density at radius 1 is 1.06 bits per heavy atom. The molecule has 2 rings (SSSR count). The Morgan fingerprint density at radius 3 is 1.94 bits per heavy atom. The lowest BCUT2D eigenvalue weighted by atomic mass is 10.1. The Morgan fingerprint density at radius 2 is 1.62 bits per heavy atom. The van der Waals surface area contributed by atoms with Gasteiger partial charge in [-0.25, -0.2) is 0 Å². The van der Waals surface area contributed by atoms with Crippen LogP contribution in [0.1, 0.15) is 17.2 Å². The summed E-state index contributed by atoms with van der Waals surface area (Å²) >= 11 is 1.96. The van der Waals surface area contributed by atoms with Crippen molar-refractivity contribution in [2.24, 2.45) is 0 Å². The summed E-state index contributed by atoms with van der Waals surface area (Å²) in [5.41, 5.74) is 1.26. The van der Waals surface area contributed by atoms with E-state index >= 15 is 0 Å². The SMILES string of the molecule is COc1cc(C2CCS2)cc(OC)c1OC. The maximum Gasteiger partial charge on any atom is 0.203 e. The highest BCUT2D eigenvalue weighted by atomic mass is 32.2. The molecule has 1 aromatic rings. The summed E-state index contributed by atoms with van der Waals surface area (Å²) in [5.74, 6) is 3.38. The molecule has 88 valence electrons. The number of hydrogen-bond donors (Lipinski definition) is 0. The molecular formula is C12H16O3S. The van der Waals surface area contributed by atoms with Gasteiger partial charge >= 0.3 is 0 Å². The summed E-state index contributed by atoms with van der Waals surface area (Å²) in [6.45, 7) is 0. The average molecular weight is 240 g/mol. The summed E-state index contributed by atoms with van der Waals surface area (Å²) in [4.78, 5) is 0. The Kier molecular flexibility index (Phi) is 3.49. The van der Waals surface area contributed by atoms with Crippen LogP contribution in [0.25, 0.3) is 0 Å². The fourth-order valence-corrected chi connectivity index (χ4v) is 2.59. The molecule has 1 aliphatic heterocycles. The van der Waals surface area contributed by atoms with E-state index in [1.165, 1.54) is 17.7 Å². The summed E-state index contributed by atoms with van der Waals surface area (Å²) in [6.07, 6.45) is 1.23. The molecule has 1 heterocycles. The molecule has 0 amide bonds. The van der Waals surface area contributed by atoms with Gasteiger partial charge in [0.15, 0.2) is 11.5 Å². The molecule has 0 saturated carbocycles. The molecule has 3 nitrogen and oxygen atoms in total. The van der Waals surface area contributed by atoms with Crippen LogP contribution in [-0.4, -0.2) is 27.1 Å². The van der Waals surface area contributed by atoms with Crippen molar-refractivity contribution in [2.75, 3.05) is 27.1 Å². The zero-order valence-corrected chi connectivity index (χ0v) is 10.6. The van der Waals surface area contributed by atoms with Gasteiger partial charge in [-0.3, -0.25) is 0 Å². The highest BCUT2D eigenvalue weighted by Gasteiger charge is 2.23. The molecule has 1 fully saturated rings. The maximum absolute atomic E-state index is 5.32. The summed E-state index contributed by atoms with van der Waals surface area (Å²) in [6, 6.07) is 4.08. The van der Waals surface area contributed by atoms with Gasteiger partial charge in [0, 0.05) is 5.25 Å². The predicted molar refractivity (Wildman–Crippen MR) is 65.9 cm³/mol. The van der Waals surface area contributed by atoms with E-state index in [1.807, 2.05) is 23.9 Å². The van der Waals surface area contributed by atoms with Gasteiger partial charge < -0.3 is 14.2 Å². The van der Waals surface area contributed by atoms with E-state index in [-0.39, 0.29) is 0 Å². The molecule has 0 aromatic heterocycles. The minimum Gasteiger partial charge on any atom is -0.493 e. The van der Waals surface area contributed by atoms with E-state index in [9.17, 15) is 0 Å². The maximum atomic E-state index is 5.32. The minimum atomic E-state index is 0.578. The van der Waals surface area contributed by atoms with E-state index in [2.05, 4.69) is 0 Å². The van der Waals surface area contributed by atoms with Gasteiger partial charge in [0.05, 0.1) is 21.3 Å². The van der Waals surface area contributed by atoms with Crippen molar-refractivity contribution in [1.29, 1.82) is 0 Å². The zero-order valence-electron chi connectivity index (χ0n) is 9.78. The van der Waals surface area contributed by atoms with Gasteiger partial charge in [0.25, 0.3) is 0 Å². The Bertz CT molecular complexity index is 350. The highest BCUT2D eigenvalue weighted by Crippen LogP contribution is 2.47. The molecular weight excluding hydrogens is 224 g/mol. The summed E-state index contributed by atoms with van der Waals surface area (Å²) < 4.78 is 15.9. The highest BCUT2D eigenvalue weighted by molar-refractivity contribution is 8.00. The second kappa shape index (κ2) is 4.87. The van der Waals surface area contributed by atoms with Gasteiger partial charge in [-0.15, -0.1) is 0 Å². The molecule has 0 N–H and O–H groups in total. The number of ether oxygens (including phenoxy) is 3. The predicted octanol–water partition coefficient (Wildman–Crippen LogP) is 2.89. The van der Waals surface area contributed by atoms with Crippen LogP contribution < -0.4 is 14.2 Å². The van der Waals surface area contributed by atoms with Crippen molar-refractivity contribution >= 4 is 11.8 Å². The molecule has 1 atom stereocenters. The first-order valence-corrected chi connectivity index (χ1v) is 6.26. The summed E-state index contributed by atoms with van der Waals surface area (Å²) in [5, 5.41) is 0.578. The lowest BCUT2D eigenvalue weighted by Gasteiger charge is -2.26. The van der Waals surface area contributed by atoms with Crippen molar-refractivity contribution in [3.63, 3.8) is 0 Å². The van der Waals surface area contributed by atoms with E-state index in [0.29, 0.717) is 11.0 Å². The molecule has 4 heteroatoms. The fourth-order valence-electron chi connectivity index (χ4n) is 1.79. The molecule has 1 unspecified atom stereocenters. The van der Waals surface area contributed by atoms with E-state index < -0.39 is 0 Å². The fraction of sp³-hybridized carbons (Fsp3) is 0.500. The van der Waals surface area contributed by atoms with E-state index in [0.717, 1.165) is 11.5 Å². The monoisotopic (exact) mass is 240 g/mol. The first-order valence-electron chi connectivity index (χ1n) is 5.21. The van der Waals surface area contributed by atoms with Gasteiger partial charge in [-0.1, -0.05) is 0 Å². The standard InChI is InChI=1S/C12H16O3S/c1-13-9-6-8(11-4-5-16-11)7-10(14-2)12(9)15-3/h6-7,11H,4-5H2,1-3H3. The van der Waals surface area contributed by atoms with Crippen LogP contribution in [0.2, 0.25) is 0 Å². The molecule has 1 aromatic carbocycles. The lowest BCUT2D eigenvalue weighted by molar-refractivity contribution is 0.323. The normalized spacial score (nSPS) is 18.8. The van der Waals surface area contributed by atoms with Crippen LogP contribution in [0.15, 0.2) is 12.1 Å². The average Bonchev–Trinajstić information content (AvgIpc) is 2.25. The first kappa shape index (κ1) is 11.5. The number of methoxy groups -OCH3 is 3.